The van der Waals surface area contributed by atoms with Crippen LogP contribution in [-0.4, -0.2) is 4.89 Å². The Morgan fingerprint density at radius 1 is 1.33 bits per heavy atom. The summed E-state index contributed by atoms with van der Waals surface area (Å²) < 4.78 is 16.9. The standard InChI is InChI=1S/H3OP.2O.V.W/c1-2;;;;/h1H,2H2;;;;. The Balaban J connectivity index is -0.0000000275. The van der Waals surface area contributed by atoms with Crippen LogP contribution in [-0.2, 0) is 44.6 Å². The number of hydrogen-bond acceptors (Lipinski definition) is 3. The summed E-state index contributed by atoms with van der Waals surface area (Å²) in [5.74, 6) is 0. The van der Waals surface area contributed by atoms with E-state index in [-0.39, 0.29) is 21.1 Å². The van der Waals surface area contributed by atoms with Crippen LogP contribution < -0.4 is 0 Å². The van der Waals surface area contributed by atoms with Gasteiger partial charge in [-0.25, -0.2) is 0 Å². The van der Waals surface area contributed by atoms with Gasteiger partial charge in [-0.05, 0) is 9.47 Å². The molecule has 0 saturated heterocycles. The zero-order valence-electron chi connectivity index (χ0n) is 2.70. The first-order valence-electron chi connectivity index (χ1n) is 0.623. The van der Waals surface area contributed by atoms with E-state index in [2.05, 4.69) is 0 Å². The van der Waals surface area contributed by atoms with E-state index in [0.29, 0.717) is 0 Å². The molecule has 0 rings (SSSR count). The molecular weight excluding hydrogens is 314 g/mol. The van der Waals surface area contributed by atoms with E-state index >= 15 is 0 Å². The van der Waals surface area contributed by atoms with E-state index < -0.39 is 16.2 Å². The van der Waals surface area contributed by atoms with Crippen molar-refractivity contribution >= 4 is 9.47 Å². The molecule has 0 amide bonds. The van der Waals surface area contributed by atoms with Gasteiger partial charge in [0.05, 0.1) is 0 Å². The van der Waals surface area contributed by atoms with Crippen molar-refractivity contribution in [3.63, 3.8) is 0 Å². The maximum atomic E-state index is 8.47. The molecule has 0 aliphatic heterocycles. The Morgan fingerprint density at radius 3 is 1.33 bits per heavy atom. The molecule has 0 fully saturated rings. The van der Waals surface area contributed by atoms with Crippen LogP contribution in [0.3, 0.4) is 0 Å². The second kappa shape index (κ2) is 33.9. The van der Waals surface area contributed by atoms with Gasteiger partial charge < -0.3 is 4.89 Å². The van der Waals surface area contributed by atoms with E-state index in [1.807, 2.05) is 0 Å². The maximum Gasteiger partial charge on any atom is 0 e. The first-order valence-corrected chi connectivity index (χ1v) is 2.28. The fourth-order valence-corrected chi connectivity index (χ4v) is 0. The quantitative estimate of drug-likeness (QED) is 0.615. The summed E-state index contributed by atoms with van der Waals surface area (Å²) in [5.41, 5.74) is 0. The average Bonchev–Trinajstić information content (AvgIpc) is 1.46. The molecule has 1 N–H and O–H groups in total. The molecule has 0 heterocycles. The Kier molecular flexibility index (Phi) is 88.5. The van der Waals surface area contributed by atoms with Gasteiger partial charge in [0.1, 0.15) is 0 Å². The molecule has 1 atom stereocenters. The molecule has 6 heavy (non-hydrogen) atoms. The van der Waals surface area contributed by atoms with E-state index in [9.17, 15) is 0 Å². The Labute approximate surface area is 59.0 Å². The van der Waals surface area contributed by atoms with Crippen LogP contribution in [0.1, 0.15) is 0 Å². The third-order valence-electron chi connectivity index (χ3n) is 0. The summed E-state index contributed by atoms with van der Waals surface area (Å²) in [4.78, 5) is 6.92. The zero-order chi connectivity index (χ0) is 4.71. The normalized spacial score (nSPS) is 2.33. The van der Waals surface area contributed by atoms with Crippen LogP contribution in [0.15, 0.2) is 0 Å². The smallest absolute Gasteiger partial charge is 0 e. The van der Waals surface area contributed by atoms with E-state index in [0.717, 1.165) is 0 Å². The van der Waals surface area contributed by atoms with E-state index in [4.69, 9.17) is 12.2 Å². The first-order chi connectivity index (χ1) is 2.41. The summed E-state index contributed by atoms with van der Waals surface area (Å²) in [5, 5.41) is 0. The summed E-state index contributed by atoms with van der Waals surface area (Å²) >= 11 is -1.81. The van der Waals surface area contributed by atoms with Crippen molar-refractivity contribution in [1.29, 1.82) is 0 Å². The summed E-state index contributed by atoms with van der Waals surface area (Å²) in [7, 11) is 1.42. The molecule has 6 heteroatoms. The second-order valence-electron chi connectivity index (χ2n) is 0.0745. The molecule has 0 aliphatic carbocycles. The molecule has 3 nitrogen and oxygen atoms in total. The van der Waals surface area contributed by atoms with E-state index in [1.165, 1.54) is 9.47 Å². The van der Waals surface area contributed by atoms with Gasteiger partial charge >= 0.3 is 23.5 Å². The van der Waals surface area contributed by atoms with Crippen molar-refractivity contribution in [2.24, 2.45) is 0 Å². The third-order valence-corrected chi connectivity index (χ3v) is 0. The Hall–Kier alpha value is 1.26. The molecule has 0 aromatic heterocycles. The van der Waals surface area contributed by atoms with Gasteiger partial charge in [0.25, 0.3) is 0 Å². The third kappa shape index (κ3) is 60.0. The van der Waals surface area contributed by atoms with Gasteiger partial charge in [0.2, 0.25) is 0 Å². The summed E-state index contributed by atoms with van der Waals surface area (Å²) in [6.45, 7) is 0. The van der Waals surface area contributed by atoms with Gasteiger partial charge in [-0.2, -0.15) is 0 Å². The average molecular weight is 317 g/mol. The second-order valence-corrected chi connectivity index (χ2v) is 0.307. The molecule has 0 bridgehead atoms. The first kappa shape index (κ1) is 15.7. The molecule has 0 aliphatic rings. The molecule has 0 aromatic rings. The maximum absolute atomic E-state index is 8.47. The van der Waals surface area contributed by atoms with Gasteiger partial charge in [-0.15, -0.1) is 0 Å². The van der Waals surface area contributed by atoms with Crippen LogP contribution >= 0.6 is 9.47 Å². The zero-order valence-corrected chi connectivity index (χ0v) is 8.18. The van der Waals surface area contributed by atoms with E-state index in [1.54, 1.807) is 0 Å². The van der Waals surface area contributed by atoms with Crippen molar-refractivity contribution in [1.82, 2.24) is 0 Å². The largest absolute Gasteiger partial charge is 0 e. The van der Waals surface area contributed by atoms with Gasteiger partial charge in [-0.3, -0.25) is 0 Å². The SMILES string of the molecule is OP.[O]=[V]=[O].[W]. The van der Waals surface area contributed by atoms with Gasteiger partial charge in [-0.1, -0.05) is 0 Å². The molecule has 1 unspecified atom stereocenters. The topological polar surface area (TPSA) is 54.4 Å². The minimum absolute atomic E-state index is 0. The monoisotopic (exact) mass is 317 g/mol. The Morgan fingerprint density at radius 2 is 1.33 bits per heavy atom. The van der Waals surface area contributed by atoms with Crippen LogP contribution in [0.5, 0.6) is 0 Å². The molecule has 0 saturated carbocycles. The number of rotatable bonds is 0. The molecule has 0 aromatic carbocycles. The van der Waals surface area contributed by atoms with Crippen LogP contribution in [0.4, 0.5) is 0 Å². The van der Waals surface area contributed by atoms with Crippen LogP contribution in [0, 0.1) is 0 Å². The minimum atomic E-state index is -1.81. The number of hydrogen-bond donors (Lipinski definition) is 1. The molecule has 0 spiro atoms. The predicted molar refractivity (Wildman–Crippen MR) is 13.3 cm³/mol. The fraction of sp³-hybridized carbons (Fsp3) is 0. The van der Waals surface area contributed by atoms with Gasteiger partial charge in [0.15, 0.2) is 0 Å². The fourth-order valence-electron chi connectivity index (χ4n) is 0. The molecular formula is H3O3PVW. The van der Waals surface area contributed by atoms with Crippen molar-refractivity contribution in [3.8, 4) is 0 Å². The predicted octanol–water partition coefficient (Wildman–Crippen LogP) is -0.474. The van der Waals surface area contributed by atoms with Crippen molar-refractivity contribution < 1.29 is 49.5 Å². The molecule has 37 valence electrons. The minimum Gasteiger partial charge on any atom is 0 e. The summed E-state index contributed by atoms with van der Waals surface area (Å²) in [6, 6.07) is 0. The molecule has 0 radical (unpaired) electrons. The van der Waals surface area contributed by atoms with Crippen molar-refractivity contribution in [3.05, 3.63) is 0 Å². The van der Waals surface area contributed by atoms with Gasteiger partial charge in [0, 0.05) is 21.1 Å². The van der Waals surface area contributed by atoms with Crippen LogP contribution in [0.25, 0.3) is 0 Å². The van der Waals surface area contributed by atoms with Crippen molar-refractivity contribution in [2.75, 3.05) is 0 Å². The van der Waals surface area contributed by atoms with Crippen LogP contribution in [0.2, 0.25) is 0 Å². The van der Waals surface area contributed by atoms with Crippen molar-refractivity contribution in [2.45, 2.75) is 0 Å². The summed E-state index contributed by atoms with van der Waals surface area (Å²) in [6.07, 6.45) is 0. The Bertz CT molecular complexity index is 31.8.